The number of carbonyl (C=O) groups excluding carboxylic acids is 1. The fraction of sp³-hybridized carbons (Fsp3) is 0.118. The molecule has 0 aliphatic heterocycles. The van der Waals surface area contributed by atoms with E-state index >= 15 is 0 Å². The van der Waals surface area contributed by atoms with E-state index in [2.05, 4.69) is 26.2 Å². The Balaban J connectivity index is 1.67. The molecular weight excluding hydrogens is 380 g/mol. The monoisotopic (exact) mass is 392 g/mol. The average Bonchev–Trinajstić information content (AvgIpc) is 2.92. The largest absolute Gasteiger partial charge is 0.507 e. The zero-order valence-corrected chi connectivity index (χ0v) is 14.4. The summed E-state index contributed by atoms with van der Waals surface area (Å²) in [5.74, 6) is -0.422. The van der Waals surface area contributed by atoms with Crippen LogP contribution in [0.25, 0.3) is 10.9 Å². The molecule has 3 N–H and O–H groups in total. The highest BCUT2D eigenvalue weighted by Crippen LogP contribution is 2.23. The van der Waals surface area contributed by atoms with Crippen LogP contribution in [0.2, 0.25) is 5.02 Å². The second-order valence-corrected chi connectivity index (χ2v) is 6.52. The number of carbonyl (C=O) groups is 1. The summed E-state index contributed by atoms with van der Waals surface area (Å²) in [5.41, 5.74) is 2.36. The van der Waals surface area contributed by atoms with Crippen LogP contribution in [0, 0.1) is 0 Å². The Morgan fingerprint density at radius 1 is 1.26 bits per heavy atom. The maximum Gasteiger partial charge on any atom is 0.255 e. The summed E-state index contributed by atoms with van der Waals surface area (Å²) in [6, 6.07) is 10.4. The molecule has 0 spiro atoms. The van der Waals surface area contributed by atoms with E-state index in [0.29, 0.717) is 18.0 Å². The summed E-state index contributed by atoms with van der Waals surface area (Å²) in [6.07, 6.45) is 2.63. The van der Waals surface area contributed by atoms with Crippen LogP contribution in [-0.4, -0.2) is 22.5 Å². The number of aromatic nitrogens is 1. The van der Waals surface area contributed by atoms with Gasteiger partial charge in [-0.05, 0) is 48.4 Å². The number of phenols is 1. The fourth-order valence-corrected chi connectivity index (χ4v) is 2.99. The maximum atomic E-state index is 12.1. The SMILES string of the molecule is O=C(NCCc1c[nH]c2ccc(Br)cc12)c1cc(Cl)ccc1O. The van der Waals surface area contributed by atoms with Crippen LogP contribution in [0.5, 0.6) is 5.75 Å². The third-order valence-corrected chi connectivity index (χ3v) is 4.34. The number of phenolic OH excluding ortho intramolecular Hbond substituents is 1. The second-order valence-electron chi connectivity index (χ2n) is 5.17. The van der Waals surface area contributed by atoms with Crippen LogP contribution in [0.4, 0.5) is 0 Å². The number of H-pyrrole nitrogens is 1. The Kier molecular flexibility index (Phi) is 4.59. The Bertz CT molecular complexity index is 876. The molecule has 0 radical (unpaired) electrons. The number of aromatic amines is 1. The molecule has 0 aliphatic carbocycles. The fourth-order valence-electron chi connectivity index (χ4n) is 2.45. The summed E-state index contributed by atoms with van der Waals surface area (Å²) in [4.78, 5) is 15.3. The lowest BCUT2D eigenvalue weighted by molar-refractivity contribution is 0.0951. The van der Waals surface area contributed by atoms with Crippen molar-refractivity contribution in [2.45, 2.75) is 6.42 Å². The summed E-state index contributed by atoms with van der Waals surface area (Å²) in [5, 5.41) is 14.1. The number of hydrogen-bond donors (Lipinski definition) is 3. The van der Waals surface area contributed by atoms with Crippen molar-refractivity contribution >= 4 is 44.3 Å². The number of benzene rings is 2. The van der Waals surface area contributed by atoms with Gasteiger partial charge in [-0.3, -0.25) is 4.79 Å². The molecular formula is C17H14BrClN2O2. The van der Waals surface area contributed by atoms with Crippen LogP contribution in [0.15, 0.2) is 47.1 Å². The molecule has 1 amide bonds. The predicted molar refractivity (Wildman–Crippen MR) is 95.2 cm³/mol. The minimum atomic E-state index is -0.342. The van der Waals surface area contributed by atoms with E-state index in [9.17, 15) is 9.90 Å². The topological polar surface area (TPSA) is 65.1 Å². The number of rotatable bonds is 4. The van der Waals surface area contributed by atoms with Gasteiger partial charge in [0.15, 0.2) is 0 Å². The summed E-state index contributed by atoms with van der Waals surface area (Å²) >= 11 is 9.32. The standard InChI is InChI=1S/C17H14BrClN2O2/c18-11-1-3-15-13(7-11)10(9-21-15)5-6-20-17(23)14-8-12(19)2-4-16(14)22/h1-4,7-9,21-22H,5-6H2,(H,20,23). The van der Waals surface area contributed by atoms with Crippen molar-refractivity contribution < 1.29 is 9.90 Å². The minimum Gasteiger partial charge on any atom is -0.507 e. The molecule has 1 heterocycles. The first-order valence-electron chi connectivity index (χ1n) is 7.07. The highest BCUT2D eigenvalue weighted by Gasteiger charge is 2.11. The van der Waals surface area contributed by atoms with Gasteiger partial charge >= 0.3 is 0 Å². The summed E-state index contributed by atoms with van der Waals surface area (Å²) in [6.45, 7) is 0.463. The summed E-state index contributed by atoms with van der Waals surface area (Å²) < 4.78 is 1.01. The molecule has 3 rings (SSSR count). The van der Waals surface area contributed by atoms with Gasteiger partial charge in [-0.1, -0.05) is 27.5 Å². The maximum absolute atomic E-state index is 12.1. The van der Waals surface area contributed by atoms with Crippen molar-refractivity contribution in [2.75, 3.05) is 6.54 Å². The van der Waals surface area contributed by atoms with E-state index in [-0.39, 0.29) is 17.2 Å². The Morgan fingerprint density at radius 3 is 2.91 bits per heavy atom. The summed E-state index contributed by atoms with van der Waals surface area (Å²) in [7, 11) is 0. The van der Waals surface area contributed by atoms with Gasteiger partial charge in [0.05, 0.1) is 5.56 Å². The van der Waals surface area contributed by atoms with Crippen molar-refractivity contribution in [2.24, 2.45) is 0 Å². The van der Waals surface area contributed by atoms with E-state index in [4.69, 9.17) is 11.6 Å². The minimum absolute atomic E-state index is 0.0806. The number of halogens is 2. The Labute approximate surface area is 146 Å². The molecule has 3 aromatic rings. The van der Waals surface area contributed by atoms with E-state index in [0.717, 1.165) is 20.9 Å². The molecule has 2 aromatic carbocycles. The van der Waals surface area contributed by atoms with Crippen LogP contribution in [0.3, 0.4) is 0 Å². The lowest BCUT2D eigenvalue weighted by atomic mass is 10.1. The van der Waals surface area contributed by atoms with Crippen molar-refractivity contribution in [3.63, 3.8) is 0 Å². The number of fused-ring (bicyclic) bond motifs is 1. The zero-order valence-electron chi connectivity index (χ0n) is 12.1. The van der Waals surface area contributed by atoms with Gasteiger partial charge in [0.2, 0.25) is 0 Å². The predicted octanol–water partition coefficient (Wildman–Crippen LogP) is 4.26. The highest BCUT2D eigenvalue weighted by atomic mass is 79.9. The van der Waals surface area contributed by atoms with Gasteiger partial charge in [-0.2, -0.15) is 0 Å². The average molecular weight is 394 g/mol. The van der Waals surface area contributed by atoms with E-state index in [1.807, 2.05) is 24.4 Å². The van der Waals surface area contributed by atoms with Gasteiger partial charge in [-0.15, -0.1) is 0 Å². The number of nitrogens with one attached hydrogen (secondary N) is 2. The van der Waals surface area contributed by atoms with Gasteiger partial charge in [0.1, 0.15) is 5.75 Å². The van der Waals surface area contributed by atoms with Crippen molar-refractivity contribution in [1.82, 2.24) is 10.3 Å². The smallest absolute Gasteiger partial charge is 0.255 e. The third kappa shape index (κ3) is 3.51. The molecule has 6 heteroatoms. The van der Waals surface area contributed by atoms with Crippen LogP contribution in [0.1, 0.15) is 15.9 Å². The lowest BCUT2D eigenvalue weighted by Gasteiger charge is -2.07. The normalized spacial score (nSPS) is 10.9. The number of amides is 1. The quantitative estimate of drug-likeness (QED) is 0.620. The van der Waals surface area contributed by atoms with Crippen LogP contribution in [-0.2, 0) is 6.42 Å². The van der Waals surface area contributed by atoms with Gasteiger partial charge in [0, 0.05) is 33.1 Å². The first-order chi connectivity index (χ1) is 11.0. The van der Waals surface area contributed by atoms with Crippen LogP contribution < -0.4 is 5.32 Å². The molecule has 0 saturated carbocycles. The van der Waals surface area contributed by atoms with Gasteiger partial charge in [0.25, 0.3) is 5.91 Å². The van der Waals surface area contributed by atoms with Crippen molar-refractivity contribution in [3.8, 4) is 5.75 Å². The molecule has 0 fully saturated rings. The third-order valence-electron chi connectivity index (χ3n) is 3.61. The Morgan fingerprint density at radius 2 is 2.09 bits per heavy atom. The molecule has 23 heavy (non-hydrogen) atoms. The van der Waals surface area contributed by atoms with Crippen molar-refractivity contribution in [1.29, 1.82) is 0 Å². The molecule has 4 nitrogen and oxygen atoms in total. The van der Waals surface area contributed by atoms with Gasteiger partial charge in [-0.25, -0.2) is 0 Å². The Hall–Kier alpha value is -1.98. The second kappa shape index (κ2) is 6.64. The molecule has 0 saturated heterocycles. The molecule has 118 valence electrons. The highest BCUT2D eigenvalue weighted by molar-refractivity contribution is 9.10. The molecule has 0 bridgehead atoms. The first-order valence-corrected chi connectivity index (χ1v) is 8.24. The zero-order chi connectivity index (χ0) is 16.4. The van der Waals surface area contributed by atoms with E-state index in [1.54, 1.807) is 0 Å². The number of hydrogen-bond acceptors (Lipinski definition) is 2. The van der Waals surface area contributed by atoms with Crippen LogP contribution >= 0.6 is 27.5 Å². The number of aromatic hydroxyl groups is 1. The van der Waals surface area contributed by atoms with Crippen molar-refractivity contribution in [3.05, 3.63) is 63.2 Å². The molecule has 1 aromatic heterocycles. The molecule has 0 aliphatic rings. The van der Waals surface area contributed by atoms with E-state index < -0.39 is 0 Å². The van der Waals surface area contributed by atoms with Gasteiger partial charge < -0.3 is 15.4 Å². The lowest BCUT2D eigenvalue weighted by Crippen LogP contribution is -2.25. The molecule has 0 atom stereocenters. The van der Waals surface area contributed by atoms with E-state index in [1.165, 1.54) is 18.2 Å². The molecule has 0 unspecified atom stereocenters. The first kappa shape index (κ1) is 15.9.